The van der Waals surface area contributed by atoms with Gasteiger partial charge in [0.05, 0.1) is 11.8 Å². The van der Waals surface area contributed by atoms with Crippen molar-refractivity contribution in [3.05, 3.63) is 94.5 Å². The van der Waals surface area contributed by atoms with Gasteiger partial charge in [-0.1, -0.05) is 52.9 Å². The molecule has 0 fully saturated rings. The molecule has 0 aromatic heterocycles. The molecular formula is C27H26F3NO4S. The van der Waals surface area contributed by atoms with Crippen LogP contribution in [0.3, 0.4) is 0 Å². The van der Waals surface area contributed by atoms with Gasteiger partial charge in [-0.05, 0) is 57.0 Å². The van der Waals surface area contributed by atoms with Crippen molar-refractivity contribution in [1.82, 2.24) is 0 Å². The van der Waals surface area contributed by atoms with Gasteiger partial charge in [0.2, 0.25) is 0 Å². The van der Waals surface area contributed by atoms with Crippen LogP contribution in [0.1, 0.15) is 53.4 Å². The molecule has 9 heteroatoms. The number of benzene rings is 3. The molecule has 36 heavy (non-hydrogen) atoms. The van der Waals surface area contributed by atoms with Crippen molar-refractivity contribution in [2.75, 3.05) is 0 Å². The first-order valence-corrected chi connectivity index (χ1v) is 12.1. The van der Waals surface area contributed by atoms with Gasteiger partial charge in [0.1, 0.15) is 39.8 Å². The Hall–Kier alpha value is -3.30. The Bertz CT molecular complexity index is 1220. The van der Waals surface area contributed by atoms with Crippen LogP contribution >= 0.6 is 0 Å². The maximum Gasteiger partial charge on any atom is 0.417 e. The van der Waals surface area contributed by atoms with Crippen LogP contribution in [0, 0.1) is 6.92 Å². The maximum absolute atomic E-state index is 14.2. The molecule has 0 heterocycles. The number of ether oxygens (including phenoxy) is 2. The molecule has 0 amide bonds. The Morgan fingerprint density at radius 3 is 2.17 bits per heavy atom. The van der Waals surface area contributed by atoms with Crippen molar-refractivity contribution < 1.29 is 32.0 Å². The van der Waals surface area contributed by atoms with E-state index in [0.717, 1.165) is 17.8 Å². The van der Waals surface area contributed by atoms with E-state index in [1.807, 2.05) is 6.07 Å². The summed E-state index contributed by atoms with van der Waals surface area (Å²) in [5, 5.41) is 0. The SMILES string of the molecule is Cc1c(C(=O)Oc2ccccc2)c(OCc2ccccc2)cc(/C=N/[S+]([O-])C(C)(C)C)c1C(F)(F)F. The lowest BCUT2D eigenvalue weighted by Crippen LogP contribution is -2.26. The average molecular weight is 518 g/mol. The second kappa shape index (κ2) is 11.2. The summed E-state index contributed by atoms with van der Waals surface area (Å²) < 4.78 is 69.2. The summed E-state index contributed by atoms with van der Waals surface area (Å²) in [5.74, 6) is -0.919. The fourth-order valence-corrected chi connectivity index (χ4v) is 3.83. The molecule has 1 atom stereocenters. The standard InChI is InChI=1S/C27H26F3NO4S/c1-18-23(25(32)35-21-13-9-6-10-14-21)22(34-17-19-11-7-5-8-12-19)15-20(24(18)27(28,29)30)16-31-36(33)26(2,3)4/h5-16H,17H2,1-4H3/b31-16+. The molecule has 0 spiro atoms. The van der Waals surface area contributed by atoms with Gasteiger partial charge in [-0.15, -0.1) is 0 Å². The normalized spacial score (nSPS) is 13.0. The molecule has 3 aromatic rings. The fourth-order valence-electron chi connectivity index (χ4n) is 3.30. The summed E-state index contributed by atoms with van der Waals surface area (Å²) in [7, 11) is 0. The van der Waals surface area contributed by atoms with E-state index >= 15 is 0 Å². The second-order valence-corrected chi connectivity index (χ2v) is 10.8. The van der Waals surface area contributed by atoms with Crippen LogP contribution in [-0.4, -0.2) is 21.5 Å². The van der Waals surface area contributed by atoms with E-state index in [-0.39, 0.29) is 34.8 Å². The van der Waals surface area contributed by atoms with Crippen molar-refractivity contribution in [1.29, 1.82) is 0 Å². The van der Waals surface area contributed by atoms with Gasteiger partial charge >= 0.3 is 12.1 Å². The molecule has 0 aliphatic heterocycles. The van der Waals surface area contributed by atoms with Gasteiger partial charge in [-0.25, -0.2) is 4.79 Å². The van der Waals surface area contributed by atoms with Gasteiger partial charge in [0.15, 0.2) is 0 Å². The minimum atomic E-state index is -4.83. The lowest BCUT2D eigenvalue weighted by Gasteiger charge is -2.21. The van der Waals surface area contributed by atoms with Crippen LogP contribution < -0.4 is 9.47 Å². The van der Waals surface area contributed by atoms with Crippen LogP contribution in [0.2, 0.25) is 0 Å². The number of esters is 1. The molecule has 3 aromatic carbocycles. The van der Waals surface area contributed by atoms with E-state index in [0.29, 0.717) is 0 Å². The molecule has 0 saturated carbocycles. The first kappa shape index (κ1) is 27.3. The molecular weight excluding hydrogens is 491 g/mol. The molecule has 0 bridgehead atoms. The third-order valence-corrected chi connectivity index (χ3v) is 6.41. The minimum absolute atomic E-state index is 0.00175. The van der Waals surface area contributed by atoms with Crippen molar-refractivity contribution in [2.45, 2.75) is 45.2 Å². The summed E-state index contributed by atoms with van der Waals surface area (Å²) in [5.41, 5.74) is -1.42. The zero-order valence-electron chi connectivity index (χ0n) is 20.3. The number of rotatable bonds is 7. The Morgan fingerprint density at radius 2 is 1.61 bits per heavy atom. The van der Waals surface area contributed by atoms with Crippen molar-refractivity contribution in [3.8, 4) is 11.5 Å². The van der Waals surface area contributed by atoms with Crippen molar-refractivity contribution in [3.63, 3.8) is 0 Å². The highest BCUT2D eigenvalue weighted by atomic mass is 32.2. The number of nitrogens with zero attached hydrogens (tertiary/aromatic N) is 1. The average Bonchev–Trinajstić information content (AvgIpc) is 2.80. The van der Waals surface area contributed by atoms with Crippen LogP contribution in [0.15, 0.2) is 71.1 Å². The Kier molecular flexibility index (Phi) is 8.47. The van der Waals surface area contributed by atoms with E-state index in [1.54, 1.807) is 63.2 Å². The highest BCUT2D eigenvalue weighted by Gasteiger charge is 2.39. The number of alkyl halides is 3. The van der Waals surface area contributed by atoms with Gasteiger partial charge in [0.25, 0.3) is 0 Å². The monoisotopic (exact) mass is 517 g/mol. The number of halogens is 3. The number of hydrogen-bond acceptors (Lipinski definition) is 5. The van der Waals surface area contributed by atoms with E-state index in [2.05, 4.69) is 4.40 Å². The smallest absolute Gasteiger partial charge is 0.417 e. The highest BCUT2D eigenvalue weighted by Crippen LogP contribution is 2.40. The topological polar surface area (TPSA) is 71.0 Å². The van der Waals surface area contributed by atoms with Gasteiger partial charge in [0, 0.05) is 5.56 Å². The third kappa shape index (κ3) is 6.89. The van der Waals surface area contributed by atoms with E-state index in [1.165, 1.54) is 19.1 Å². The highest BCUT2D eigenvalue weighted by molar-refractivity contribution is 7.91. The second-order valence-electron chi connectivity index (χ2n) is 8.91. The van der Waals surface area contributed by atoms with Crippen molar-refractivity contribution >= 4 is 23.5 Å². The van der Waals surface area contributed by atoms with Gasteiger partial charge in [-0.3, -0.25) is 0 Å². The molecule has 0 N–H and O–H groups in total. The van der Waals surface area contributed by atoms with Crippen LogP contribution in [0.25, 0.3) is 0 Å². The van der Waals surface area contributed by atoms with E-state index < -0.39 is 33.8 Å². The Morgan fingerprint density at radius 1 is 1.03 bits per heavy atom. The predicted molar refractivity (Wildman–Crippen MR) is 134 cm³/mol. The largest absolute Gasteiger partial charge is 0.591 e. The lowest BCUT2D eigenvalue weighted by molar-refractivity contribution is -0.138. The number of hydrogen-bond donors (Lipinski definition) is 0. The zero-order chi connectivity index (χ0) is 26.5. The van der Waals surface area contributed by atoms with Crippen LogP contribution in [0.5, 0.6) is 11.5 Å². The summed E-state index contributed by atoms with van der Waals surface area (Å²) in [6, 6.07) is 18.1. The summed E-state index contributed by atoms with van der Waals surface area (Å²) >= 11 is -1.79. The lowest BCUT2D eigenvalue weighted by atomic mass is 9.95. The predicted octanol–water partition coefficient (Wildman–Crippen LogP) is 6.69. The molecule has 0 aliphatic carbocycles. The summed E-state index contributed by atoms with van der Waals surface area (Å²) in [6.07, 6.45) is -3.91. The Labute approximate surface area is 211 Å². The third-order valence-electron chi connectivity index (χ3n) is 5.06. The molecule has 3 rings (SSSR count). The molecule has 0 aliphatic rings. The zero-order valence-corrected chi connectivity index (χ0v) is 21.1. The molecule has 190 valence electrons. The van der Waals surface area contributed by atoms with Crippen LogP contribution in [0.4, 0.5) is 13.2 Å². The summed E-state index contributed by atoms with van der Waals surface area (Å²) in [6.45, 7) is 6.16. The van der Waals surface area contributed by atoms with E-state index in [4.69, 9.17) is 9.47 Å². The minimum Gasteiger partial charge on any atom is -0.591 e. The molecule has 5 nitrogen and oxygen atoms in total. The quantitative estimate of drug-likeness (QED) is 0.151. The Balaban J connectivity index is 2.14. The molecule has 0 saturated heterocycles. The number of carbonyl (C=O) groups is 1. The number of para-hydroxylation sites is 1. The number of carbonyl (C=O) groups excluding carboxylic acids is 1. The van der Waals surface area contributed by atoms with Crippen LogP contribution in [-0.2, 0) is 24.1 Å². The van der Waals surface area contributed by atoms with E-state index in [9.17, 15) is 22.5 Å². The first-order chi connectivity index (χ1) is 16.9. The van der Waals surface area contributed by atoms with Gasteiger partial charge in [-0.2, -0.15) is 13.2 Å². The van der Waals surface area contributed by atoms with Gasteiger partial charge < -0.3 is 14.0 Å². The van der Waals surface area contributed by atoms with Crippen molar-refractivity contribution in [2.24, 2.45) is 4.40 Å². The maximum atomic E-state index is 14.2. The molecule has 1 unspecified atom stereocenters. The first-order valence-electron chi connectivity index (χ1n) is 11.0. The fraction of sp³-hybridized carbons (Fsp3) is 0.259. The summed E-state index contributed by atoms with van der Waals surface area (Å²) in [4.78, 5) is 13.1. The molecule has 0 radical (unpaired) electrons.